The van der Waals surface area contributed by atoms with Gasteiger partial charge in [-0.25, -0.2) is 4.79 Å². The lowest BCUT2D eigenvalue weighted by atomic mass is 9.78. The van der Waals surface area contributed by atoms with Crippen molar-refractivity contribution in [2.75, 3.05) is 54.3 Å². The van der Waals surface area contributed by atoms with E-state index in [2.05, 4.69) is 0 Å². The van der Waals surface area contributed by atoms with Gasteiger partial charge in [-0.2, -0.15) is 0 Å². The number of methoxy groups -OCH3 is 3. The molecule has 72 heavy (non-hydrogen) atoms. The van der Waals surface area contributed by atoms with E-state index in [0.29, 0.717) is 76.8 Å². The molecule has 5 rings (SSSR count). The first-order valence-electron chi connectivity index (χ1n) is 26.6. The van der Waals surface area contributed by atoms with E-state index in [-0.39, 0.29) is 79.9 Å². The number of allylic oxidation sites excluding steroid dienone is 6. The number of carbonyl (C=O) groups is 5. The molecule has 1 amide bonds. The molecule has 406 valence electrons. The van der Waals surface area contributed by atoms with Crippen LogP contribution in [0.4, 0.5) is 0 Å². The van der Waals surface area contributed by atoms with E-state index in [1.807, 2.05) is 58.1 Å². The molecule has 16 nitrogen and oxygen atoms in total. The van der Waals surface area contributed by atoms with Gasteiger partial charge in [-0.15, -0.1) is 0 Å². The molecule has 15 atom stereocenters. The quantitative estimate of drug-likeness (QED) is 0.0967. The van der Waals surface area contributed by atoms with Crippen LogP contribution in [-0.2, 0) is 61.9 Å². The van der Waals surface area contributed by atoms with Crippen LogP contribution in [0.25, 0.3) is 0 Å². The number of ketones is 3. The number of Topliss-reactive ketones (excluding diaryl/α,β-unsaturated/α-hetero) is 3. The van der Waals surface area contributed by atoms with E-state index in [4.69, 9.17) is 37.9 Å². The lowest BCUT2D eigenvalue weighted by molar-refractivity contribution is -0.266. The Morgan fingerprint density at radius 2 is 1.54 bits per heavy atom. The molecule has 0 aromatic carbocycles. The standard InChI is InChI=1S/C56H87NO15/c1-34-16-12-11-13-17-35(2)47(70-25-24-69-43-32-68-33-43)30-42-21-19-40(7)56(64,72-42)53(61)54(62)57-23-15-14-18-44(57)55(63)71-48(37(4)28-41-20-22-45(58)49(29-41)65-8)31-46(59)36(3)27-39(6)51(66-9)52(67-10)50(60)38(5)26-34/h11-13,16-17,27,34,36-38,40-45,47-49,51-52,58,64H,14-15,18-26,28-33H2,1-10H3/t34-,36-,37-,38-,40-,41+,42+,44+,45-,47+,48+,49-,51-,52+,56-/m1/s1. The average molecular weight is 1010 g/mol. The van der Waals surface area contributed by atoms with Crippen molar-refractivity contribution in [2.45, 2.75) is 186 Å². The highest BCUT2D eigenvalue weighted by Crippen LogP contribution is 2.38. The maximum Gasteiger partial charge on any atom is 0.329 e. The molecule has 0 aromatic rings. The Morgan fingerprint density at radius 1 is 0.819 bits per heavy atom. The summed E-state index contributed by atoms with van der Waals surface area (Å²) in [6, 6.07) is -1.14. The summed E-state index contributed by atoms with van der Waals surface area (Å²) in [7, 11) is 4.56. The summed E-state index contributed by atoms with van der Waals surface area (Å²) in [4.78, 5) is 73.0. The van der Waals surface area contributed by atoms with Gasteiger partial charge in [-0.05, 0) is 107 Å². The second-order valence-electron chi connectivity index (χ2n) is 21.5. The van der Waals surface area contributed by atoms with Crippen LogP contribution in [0, 0.1) is 35.5 Å². The Bertz CT molecular complexity index is 1930. The van der Waals surface area contributed by atoms with Crippen molar-refractivity contribution in [3.8, 4) is 0 Å². The summed E-state index contributed by atoms with van der Waals surface area (Å²) in [5.41, 5.74) is 1.51. The first-order chi connectivity index (χ1) is 34.3. The highest BCUT2D eigenvalue weighted by molar-refractivity contribution is 6.39. The monoisotopic (exact) mass is 1010 g/mol. The van der Waals surface area contributed by atoms with Gasteiger partial charge in [0.15, 0.2) is 5.78 Å². The van der Waals surface area contributed by atoms with Gasteiger partial charge in [0.05, 0.1) is 50.8 Å². The molecule has 0 unspecified atom stereocenters. The Morgan fingerprint density at radius 3 is 2.22 bits per heavy atom. The first-order valence-corrected chi connectivity index (χ1v) is 26.6. The van der Waals surface area contributed by atoms with Crippen LogP contribution in [0.1, 0.15) is 126 Å². The van der Waals surface area contributed by atoms with Crippen molar-refractivity contribution in [1.29, 1.82) is 0 Å². The first kappa shape index (κ1) is 59.4. The SMILES string of the molecule is CO[C@@H]1C(C)=C[C@@H](C)C(=O)C[C@@H]([C@H](C)C[C@@H]2CC[C@@H](O)[C@H](OC)C2)OC(=O)[C@@H]2CCCCN2C(=O)C(=O)[C@]2(O)O[C@@H](CC[C@H]2C)C[C@H](OCCOC2COC2)C(C)=CC=CC=C[C@@H](C)C[C@@H](C)C(=O)[C@@H]1OC. The van der Waals surface area contributed by atoms with Crippen LogP contribution in [0.3, 0.4) is 0 Å². The minimum atomic E-state index is -2.46. The van der Waals surface area contributed by atoms with Gasteiger partial charge in [0.25, 0.3) is 11.7 Å². The largest absolute Gasteiger partial charge is 0.460 e. The van der Waals surface area contributed by atoms with Gasteiger partial charge in [-0.3, -0.25) is 19.2 Å². The zero-order valence-corrected chi connectivity index (χ0v) is 44.8. The fourth-order valence-corrected chi connectivity index (χ4v) is 11.0. The van der Waals surface area contributed by atoms with Crippen molar-refractivity contribution in [3.63, 3.8) is 0 Å². The number of ether oxygens (including phenoxy) is 8. The van der Waals surface area contributed by atoms with Crippen molar-refractivity contribution in [1.82, 2.24) is 4.90 Å². The van der Waals surface area contributed by atoms with E-state index in [9.17, 15) is 34.2 Å². The summed E-state index contributed by atoms with van der Waals surface area (Å²) < 4.78 is 47.4. The minimum Gasteiger partial charge on any atom is -0.460 e. The fraction of sp³-hybridized carbons (Fsp3) is 0.768. The van der Waals surface area contributed by atoms with Gasteiger partial charge in [0.2, 0.25) is 5.79 Å². The third-order valence-corrected chi connectivity index (χ3v) is 15.8. The van der Waals surface area contributed by atoms with Gasteiger partial charge in [0.1, 0.15) is 36.2 Å². The second-order valence-corrected chi connectivity index (χ2v) is 21.5. The van der Waals surface area contributed by atoms with Crippen LogP contribution in [-0.4, -0.2) is 159 Å². The van der Waals surface area contributed by atoms with E-state index >= 15 is 0 Å². The Hall–Kier alpha value is -3.45. The molecule has 2 bridgehead atoms. The molecule has 3 saturated heterocycles. The molecule has 5 aliphatic rings. The Labute approximate surface area is 428 Å². The Balaban J connectivity index is 1.48. The molecule has 2 N–H and O–H groups in total. The number of piperidine rings is 1. The molecule has 1 saturated carbocycles. The second kappa shape index (κ2) is 28.4. The van der Waals surface area contributed by atoms with E-state index in [0.717, 1.165) is 12.0 Å². The van der Waals surface area contributed by atoms with Crippen LogP contribution in [0.5, 0.6) is 0 Å². The normalized spacial score (nSPS) is 36.5. The van der Waals surface area contributed by atoms with Crippen molar-refractivity contribution in [3.05, 3.63) is 47.6 Å². The van der Waals surface area contributed by atoms with Crippen molar-refractivity contribution < 1.29 is 72.1 Å². The maximum absolute atomic E-state index is 14.5. The predicted molar refractivity (Wildman–Crippen MR) is 269 cm³/mol. The molecular formula is C56H87NO15. The summed E-state index contributed by atoms with van der Waals surface area (Å²) in [6.45, 7) is 14.8. The summed E-state index contributed by atoms with van der Waals surface area (Å²) >= 11 is 0. The predicted octanol–water partition coefficient (Wildman–Crippen LogP) is 6.62. The van der Waals surface area contributed by atoms with Crippen LogP contribution in [0.15, 0.2) is 47.6 Å². The summed E-state index contributed by atoms with van der Waals surface area (Å²) in [5, 5.41) is 22.7. The van der Waals surface area contributed by atoms with Crippen LogP contribution < -0.4 is 0 Å². The smallest absolute Gasteiger partial charge is 0.329 e. The number of carbonyl (C=O) groups excluding carboxylic acids is 5. The maximum atomic E-state index is 14.5. The number of cyclic esters (lactones) is 1. The molecule has 16 heteroatoms. The lowest BCUT2D eigenvalue weighted by Gasteiger charge is -2.43. The number of nitrogens with zero attached hydrogens (tertiary/aromatic N) is 1. The highest BCUT2D eigenvalue weighted by atomic mass is 16.6. The van der Waals surface area contributed by atoms with Gasteiger partial charge < -0.3 is 53.0 Å². The fourth-order valence-electron chi connectivity index (χ4n) is 11.0. The molecule has 4 aliphatic heterocycles. The van der Waals surface area contributed by atoms with Crippen LogP contribution in [0.2, 0.25) is 0 Å². The lowest BCUT2D eigenvalue weighted by Crippen LogP contribution is -2.61. The molecular weight excluding hydrogens is 927 g/mol. The van der Waals surface area contributed by atoms with E-state index < -0.39 is 77.9 Å². The zero-order valence-electron chi connectivity index (χ0n) is 44.8. The molecule has 4 fully saturated rings. The Kier molecular flexibility index (Phi) is 23.5. The minimum absolute atomic E-state index is 0.0240. The van der Waals surface area contributed by atoms with Crippen molar-refractivity contribution in [2.24, 2.45) is 35.5 Å². The molecule has 0 spiro atoms. The number of aliphatic hydroxyl groups excluding tert-OH is 1. The number of hydrogen-bond donors (Lipinski definition) is 2. The summed E-state index contributed by atoms with van der Waals surface area (Å²) in [6.07, 6.45) is 12.2. The third kappa shape index (κ3) is 16.0. The van der Waals surface area contributed by atoms with Gasteiger partial charge >= 0.3 is 5.97 Å². The van der Waals surface area contributed by atoms with E-state index in [1.54, 1.807) is 34.0 Å². The zero-order chi connectivity index (χ0) is 52.7. The molecule has 4 heterocycles. The highest BCUT2D eigenvalue weighted by Gasteiger charge is 2.53. The number of fused-ring (bicyclic) bond motifs is 3. The average Bonchev–Trinajstić information content (AvgIpc) is 3.34. The third-order valence-electron chi connectivity index (χ3n) is 15.8. The number of rotatable bonds is 11. The van der Waals surface area contributed by atoms with Crippen LogP contribution >= 0.6 is 0 Å². The number of hydrogen-bond acceptors (Lipinski definition) is 15. The topological polar surface area (TPSA) is 203 Å². The summed E-state index contributed by atoms with van der Waals surface area (Å²) in [5.74, 6) is -7.64. The van der Waals surface area contributed by atoms with Crippen molar-refractivity contribution >= 4 is 29.2 Å². The van der Waals surface area contributed by atoms with Gasteiger partial charge in [-0.1, -0.05) is 71.1 Å². The number of aliphatic hydroxyl groups is 2. The molecule has 0 radical (unpaired) electrons. The number of esters is 1. The molecule has 1 aliphatic carbocycles. The van der Waals surface area contributed by atoms with Gasteiger partial charge in [0, 0.05) is 58.5 Å². The molecule has 0 aromatic heterocycles. The number of amides is 1. The van der Waals surface area contributed by atoms with E-state index in [1.165, 1.54) is 19.1 Å².